The van der Waals surface area contributed by atoms with Gasteiger partial charge >= 0.3 is 0 Å². The summed E-state index contributed by atoms with van der Waals surface area (Å²) < 4.78 is 5.94. The van der Waals surface area contributed by atoms with Crippen LogP contribution in [-0.4, -0.2) is 6.54 Å². The Hall–Kier alpha value is -1.51. The molecular weight excluding hydrogens is 282 g/mol. The van der Waals surface area contributed by atoms with E-state index < -0.39 is 0 Å². The molecule has 0 heterocycles. The Morgan fingerprint density at radius 1 is 0.952 bits per heavy atom. The fourth-order valence-corrected chi connectivity index (χ4v) is 2.02. The third kappa shape index (κ3) is 6.19. The van der Waals surface area contributed by atoms with Crippen LogP contribution in [0.25, 0.3) is 0 Å². The van der Waals surface area contributed by atoms with Gasteiger partial charge in [0.2, 0.25) is 0 Å². The highest BCUT2D eigenvalue weighted by Gasteiger charge is 2.03. The van der Waals surface area contributed by atoms with Gasteiger partial charge in [-0.2, -0.15) is 0 Å². The van der Waals surface area contributed by atoms with E-state index in [1.807, 2.05) is 30.3 Å². The monoisotopic (exact) mass is 305 g/mol. The van der Waals surface area contributed by atoms with E-state index in [0.717, 1.165) is 18.8 Å². The molecule has 2 aromatic rings. The molecule has 21 heavy (non-hydrogen) atoms. The third-order valence-electron chi connectivity index (χ3n) is 3.08. The van der Waals surface area contributed by atoms with Crippen LogP contribution in [0.3, 0.4) is 0 Å². The molecule has 0 unspecified atom stereocenters. The van der Waals surface area contributed by atoms with Gasteiger partial charge in [-0.3, -0.25) is 0 Å². The van der Waals surface area contributed by atoms with Gasteiger partial charge < -0.3 is 10.1 Å². The van der Waals surface area contributed by atoms with Crippen molar-refractivity contribution in [1.29, 1.82) is 0 Å². The number of nitrogens with one attached hydrogen (secondary N) is 1. The molecule has 0 saturated carbocycles. The third-order valence-corrected chi connectivity index (χ3v) is 3.08. The molecule has 0 fully saturated rings. The molecule has 2 nitrogen and oxygen atoms in total. The molecular formula is C18H24ClNO. The summed E-state index contributed by atoms with van der Waals surface area (Å²) in [7, 11) is 0. The molecule has 0 saturated heterocycles. The minimum atomic E-state index is 0. The van der Waals surface area contributed by atoms with E-state index in [1.165, 1.54) is 11.1 Å². The summed E-state index contributed by atoms with van der Waals surface area (Å²) in [6.45, 7) is 6.91. The Balaban J connectivity index is 0.00000220. The van der Waals surface area contributed by atoms with Gasteiger partial charge in [0.1, 0.15) is 12.4 Å². The van der Waals surface area contributed by atoms with Crippen molar-refractivity contribution in [3.63, 3.8) is 0 Å². The number of benzene rings is 2. The molecule has 0 radical (unpaired) electrons. The lowest BCUT2D eigenvalue weighted by molar-refractivity contribution is 0.302. The highest BCUT2D eigenvalue weighted by atomic mass is 35.5. The molecule has 0 atom stereocenters. The molecule has 114 valence electrons. The highest BCUT2D eigenvalue weighted by Crippen LogP contribution is 2.19. The first-order chi connectivity index (χ1) is 9.75. The van der Waals surface area contributed by atoms with Crippen molar-refractivity contribution in [2.75, 3.05) is 6.54 Å². The summed E-state index contributed by atoms with van der Waals surface area (Å²) in [5, 5.41) is 3.46. The summed E-state index contributed by atoms with van der Waals surface area (Å²) in [4.78, 5) is 0. The maximum atomic E-state index is 5.94. The summed E-state index contributed by atoms with van der Waals surface area (Å²) in [5.41, 5.74) is 2.40. The largest absolute Gasteiger partial charge is 0.489 e. The Morgan fingerprint density at radius 3 is 2.33 bits per heavy atom. The smallest absolute Gasteiger partial charge is 0.124 e. The first-order valence-electron chi connectivity index (χ1n) is 7.21. The average molecular weight is 306 g/mol. The fraction of sp³-hybridized carbons (Fsp3) is 0.333. The van der Waals surface area contributed by atoms with E-state index in [0.29, 0.717) is 12.5 Å². The normalized spacial score (nSPS) is 10.2. The summed E-state index contributed by atoms with van der Waals surface area (Å²) in [6.07, 6.45) is 0. The molecule has 0 aliphatic carbocycles. The van der Waals surface area contributed by atoms with Gasteiger partial charge in [-0.15, -0.1) is 12.4 Å². The van der Waals surface area contributed by atoms with Crippen LogP contribution in [-0.2, 0) is 13.2 Å². The van der Waals surface area contributed by atoms with Crippen LogP contribution in [0, 0.1) is 5.92 Å². The van der Waals surface area contributed by atoms with Crippen LogP contribution in [0.5, 0.6) is 5.75 Å². The molecule has 0 aliphatic heterocycles. The Bertz CT molecular complexity index is 514. The number of halogens is 1. The summed E-state index contributed by atoms with van der Waals surface area (Å²) in [5.74, 6) is 1.63. The van der Waals surface area contributed by atoms with Crippen LogP contribution < -0.4 is 10.1 Å². The number of hydrogen-bond donors (Lipinski definition) is 1. The highest BCUT2D eigenvalue weighted by molar-refractivity contribution is 5.85. The molecule has 2 aromatic carbocycles. The van der Waals surface area contributed by atoms with Crippen molar-refractivity contribution in [2.45, 2.75) is 27.0 Å². The second-order valence-electron chi connectivity index (χ2n) is 5.41. The number of para-hydroxylation sites is 1. The molecule has 0 bridgehead atoms. The molecule has 0 spiro atoms. The van der Waals surface area contributed by atoms with E-state index in [4.69, 9.17) is 4.74 Å². The standard InChI is InChI=1S/C18H23NO.ClH/c1-15(2)12-19-13-17-10-6-7-11-18(17)20-14-16-8-4-3-5-9-16;/h3-11,15,19H,12-14H2,1-2H3;1H. The molecule has 2 rings (SSSR count). The van der Waals surface area contributed by atoms with Crippen molar-refractivity contribution in [3.05, 3.63) is 65.7 Å². The Labute approximate surface area is 133 Å². The van der Waals surface area contributed by atoms with Crippen LogP contribution in [0.15, 0.2) is 54.6 Å². The van der Waals surface area contributed by atoms with Gasteiger partial charge in [0.25, 0.3) is 0 Å². The first-order valence-corrected chi connectivity index (χ1v) is 7.21. The topological polar surface area (TPSA) is 21.3 Å². The van der Waals surface area contributed by atoms with E-state index in [9.17, 15) is 0 Å². The van der Waals surface area contributed by atoms with E-state index in [2.05, 4.69) is 43.4 Å². The second-order valence-corrected chi connectivity index (χ2v) is 5.41. The maximum Gasteiger partial charge on any atom is 0.124 e. The van der Waals surface area contributed by atoms with Crippen LogP contribution in [0.2, 0.25) is 0 Å². The Kier molecular flexibility index (Phi) is 7.88. The van der Waals surface area contributed by atoms with Gasteiger partial charge in [-0.25, -0.2) is 0 Å². The van der Waals surface area contributed by atoms with Gasteiger partial charge in [-0.05, 0) is 24.1 Å². The first kappa shape index (κ1) is 17.5. The van der Waals surface area contributed by atoms with Gasteiger partial charge in [0.05, 0.1) is 0 Å². The lowest BCUT2D eigenvalue weighted by atomic mass is 10.1. The van der Waals surface area contributed by atoms with Gasteiger partial charge in [-0.1, -0.05) is 62.4 Å². The van der Waals surface area contributed by atoms with Crippen LogP contribution in [0.1, 0.15) is 25.0 Å². The molecule has 0 aliphatic rings. The predicted octanol–water partition coefficient (Wildman–Crippen LogP) is 4.43. The zero-order valence-corrected chi connectivity index (χ0v) is 13.5. The van der Waals surface area contributed by atoms with E-state index >= 15 is 0 Å². The quantitative estimate of drug-likeness (QED) is 0.817. The molecule has 1 N–H and O–H groups in total. The average Bonchev–Trinajstić information content (AvgIpc) is 2.47. The van der Waals surface area contributed by atoms with Crippen LogP contribution in [0.4, 0.5) is 0 Å². The van der Waals surface area contributed by atoms with Crippen molar-refractivity contribution >= 4 is 12.4 Å². The van der Waals surface area contributed by atoms with Crippen molar-refractivity contribution in [1.82, 2.24) is 5.32 Å². The zero-order chi connectivity index (χ0) is 14.2. The number of rotatable bonds is 7. The van der Waals surface area contributed by atoms with Crippen molar-refractivity contribution < 1.29 is 4.74 Å². The van der Waals surface area contributed by atoms with E-state index in [-0.39, 0.29) is 12.4 Å². The van der Waals surface area contributed by atoms with E-state index in [1.54, 1.807) is 0 Å². The van der Waals surface area contributed by atoms with Gasteiger partial charge in [0, 0.05) is 12.1 Å². The SMILES string of the molecule is CC(C)CNCc1ccccc1OCc1ccccc1.Cl. The fourth-order valence-electron chi connectivity index (χ4n) is 2.02. The number of hydrogen-bond acceptors (Lipinski definition) is 2. The van der Waals surface area contributed by atoms with Crippen molar-refractivity contribution in [3.8, 4) is 5.75 Å². The van der Waals surface area contributed by atoms with Crippen molar-refractivity contribution in [2.24, 2.45) is 5.92 Å². The minimum Gasteiger partial charge on any atom is -0.489 e. The summed E-state index contributed by atoms with van der Waals surface area (Å²) >= 11 is 0. The minimum absolute atomic E-state index is 0. The lowest BCUT2D eigenvalue weighted by Gasteiger charge is -2.13. The zero-order valence-electron chi connectivity index (χ0n) is 12.7. The predicted molar refractivity (Wildman–Crippen MR) is 91.0 cm³/mol. The molecule has 0 amide bonds. The second kappa shape index (κ2) is 9.43. The number of ether oxygens (including phenoxy) is 1. The molecule has 0 aromatic heterocycles. The maximum absolute atomic E-state index is 5.94. The van der Waals surface area contributed by atoms with Crippen LogP contribution >= 0.6 is 12.4 Å². The molecule has 3 heteroatoms. The Morgan fingerprint density at radius 2 is 1.62 bits per heavy atom. The summed E-state index contributed by atoms with van der Waals surface area (Å²) in [6, 6.07) is 18.5. The van der Waals surface area contributed by atoms with Gasteiger partial charge in [0.15, 0.2) is 0 Å². The lowest BCUT2D eigenvalue weighted by Crippen LogP contribution is -2.19.